The van der Waals surface area contributed by atoms with Gasteiger partial charge in [-0.1, -0.05) is 61.0 Å². The number of rotatable bonds is 10. The molecule has 0 aliphatic carbocycles. The second-order valence-electron chi connectivity index (χ2n) is 11.0. The molecule has 2 aromatic heterocycles. The summed E-state index contributed by atoms with van der Waals surface area (Å²) in [6, 6.07) is 24.2. The number of fused-ring (bicyclic) bond motifs is 1. The lowest BCUT2D eigenvalue weighted by Gasteiger charge is -2.33. The normalized spacial score (nSPS) is 12.8. The molecule has 0 bridgehead atoms. The van der Waals surface area contributed by atoms with Crippen LogP contribution in [-0.2, 0) is 18.5 Å². The molecular weight excluding hydrogens is 503 g/mol. The number of nitrogens with zero attached hydrogens (tertiary/aromatic N) is 5. The first-order chi connectivity index (χ1) is 19.2. The maximum Gasteiger partial charge on any atom is 0.253 e. The SMILES string of the molecule is CCC(C)(C)n1nnnc1[C@H](c1cc2cc(C)ccc2[nH]c1=O)N(CCc1ccccc1)Cc1ccc(F)cc1. The summed E-state index contributed by atoms with van der Waals surface area (Å²) in [5.41, 5.74) is 4.00. The van der Waals surface area contributed by atoms with E-state index in [9.17, 15) is 9.18 Å². The molecule has 2 heterocycles. The lowest BCUT2D eigenvalue weighted by atomic mass is 9.98. The third-order valence-electron chi connectivity index (χ3n) is 7.69. The van der Waals surface area contributed by atoms with Gasteiger partial charge in [0.15, 0.2) is 5.82 Å². The molecule has 0 amide bonds. The second-order valence-corrected chi connectivity index (χ2v) is 11.0. The van der Waals surface area contributed by atoms with Crippen molar-refractivity contribution in [3.05, 3.63) is 123 Å². The number of benzene rings is 3. The lowest BCUT2D eigenvalue weighted by molar-refractivity contribution is 0.190. The van der Waals surface area contributed by atoms with Crippen LogP contribution in [0.25, 0.3) is 10.9 Å². The van der Waals surface area contributed by atoms with Gasteiger partial charge < -0.3 is 4.98 Å². The van der Waals surface area contributed by atoms with Crippen LogP contribution in [0.1, 0.15) is 61.3 Å². The molecule has 206 valence electrons. The molecular formula is C32H35FN6O. The molecule has 8 heteroatoms. The van der Waals surface area contributed by atoms with Gasteiger partial charge >= 0.3 is 0 Å². The zero-order valence-corrected chi connectivity index (χ0v) is 23.4. The van der Waals surface area contributed by atoms with E-state index in [1.165, 1.54) is 17.7 Å². The van der Waals surface area contributed by atoms with Gasteiger partial charge in [0.1, 0.15) is 11.9 Å². The van der Waals surface area contributed by atoms with Gasteiger partial charge in [0.25, 0.3) is 5.56 Å². The molecule has 0 aliphatic heterocycles. The van der Waals surface area contributed by atoms with Crippen LogP contribution in [0.4, 0.5) is 4.39 Å². The Bertz CT molecular complexity index is 1640. The number of pyridine rings is 1. The van der Waals surface area contributed by atoms with Crippen LogP contribution in [0.2, 0.25) is 0 Å². The first kappa shape index (κ1) is 27.4. The minimum Gasteiger partial charge on any atom is -0.322 e. The van der Waals surface area contributed by atoms with Crippen LogP contribution in [-0.4, -0.2) is 36.6 Å². The zero-order valence-electron chi connectivity index (χ0n) is 23.4. The van der Waals surface area contributed by atoms with Crippen molar-refractivity contribution < 1.29 is 4.39 Å². The number of aromatic amines is 1. The number of aryl methyl sites for hydroxylation is 1. The van der Waals surface area contributed by atoms with Gasteiger partial charge in [-0.2, -0.15) is 0 Å². The highest BCUT2D eigenvalue weighted by Gasteiger charge is 2.34. The van der Waals surface area contributed by atoms with Gasteiger partial charge in [0.2, 0.25) is 0 Å². The van der Waals surface area contributed by atoms with Crippen LogP contribution in [0.5, 0.6) is 0 Å². The van der Waals surface area contributed by atoms with Crippen molar-refractivity contribution in [3.8, 4) is 0 Å². The van der Waals surface area contributed by atoms with E-state index in [0.29, 0.717) is 24.5 Å². The van der Waals surface area contributed by atoms with Gasteiger partial charge in [-0.15, -0.1) is 5.10 Å². The largest absolute Gasteiger partial charge is 0.322 e. The molecule has 0 unspecified atom stereocenters. The quantitative estimate of drug-likeness (QED) is 0.238. The minimum absolute atomic E-state index is 0.186. The van der Waals surface area contributed by atoms with Crippen LogP contribution < -0.4 is 5.56 Å². The summed E-state index contributed by atoms with van der Waals surface area (Å²) in [6.07, 6.45) is 1.55. The van der Waals surface area contributed by atoms with Gasteiger partial charge in [-0.05, 0) is 90.9 Å². The van der Waals surface area contributed by atoms with Crippen molar-refractivity contribution >= 4 is 10.9 Å². The molecule has 40 heavy (non-hydrogen) atoms. The number of hydrogen-bond donors (Lipinski definition) is 1. The van der Waals surface area contributed by atoms with Gasteiger partial charge in [-0.3, -0.25) is 9.69 Å². The molecule has 0 fully saturated rings. The van der Waals surface area contributed by atoms with Crippen molar-refractivity contribution in [3.63, 3.8) is 0 Å². The Kier molecular flexibility index (Phi) is 7.89. The molecule has 0 spiro atoms. The Morgan fingerprint density at radius 1 is 1.00 bits per heavy atom. The van der Waals surface area contributed by atoms with Crippen molar-refractivity contribution in [2.75, 3.05) is 6.54 Å². The van der Waals surface area contributed by atoms with E-state index in [0.717, 1.165) is 34.9 Å². The van der Waals surface area contributed by atoms with E-state index in [1.54, 1.807) is 12.1 Å². The highest BCUT2D eigenvalue weighted by Crippen LogP contribution is 2.32. The van der Waals surface area contributed by atoms with E-state index >= 15 is 0 Å². The summed E-state index contributed by atoms with van der Waals surface area (Å²) in [7, 11) is 0. The lowest BCUT2D eigenvalue weighted by Crippen LogP contribution is -2.39. The minimum atomic E-state index is -0.553. The van der Waals surface area contributed by atoms with Crippen LogP contribution in [0.3, 0.4) is 0 Å². The third kappa shape index (κ3) is 5.87. The van der Waals surface area contributed by atoms with E-state index < -0.39 is 6.04 Å². The van der Waals surface area contributed by atoms with Crippen molar-refractivity contribution in [1.82, 2.24) is 30.1 Å². The van der Waals surface area contributed by atoms with E-state index in [2.05, 4.69) is 64.4 Å². The van der Waals surface area contributed by atoms with Gasteiger partial charge in [0, 0.05) is 24.2 Å². The predicted octanol–water partition coefficient (Wildman–Crippen LogP) is 5.94. The average Bonchev–Trinajstić information content (AvgIpc) is 3.44. The van der Waals surface area contributed by atoms with E-state index in [-0.39, 0.29) is 16.9 Å². The van der Waals surface area contributed by atoms with Crippen molar-refractivity contribution in [2.45, 2.75) is 58.7 Å². The predicted molar refractivity (Wildman–Crippen MR) is 156 cm³/mol. The van der Waals surface area contributed by atoms with Crippen molar-refractivity contribution in [1.29, 1.82) is 0 Å². The molecule has 5 rings (SSSR count). The van der Waals surface area contributed by atoms with Gasteiger partial charge in [0.05, 0.1) is 5.54 Å². The summed E-state index contributed by atoms with van der Waals surface area (Å²) in [4.78, 5) is 19.1. The fourth-order valence-corrected chi connectivity index (χ4v) is 5.03. The summed E-state index contributed by atoms with van der Waals surface area (Å²) < 4.78 is 15.7. The summed E-state index contributed by atoms with van der Waals surface area (Å²) in [5, 5.41) is 13.9. The number of nitrogens with one attached hydrogen (secondary N) is 1. The Labute approximate surface area is 233 Å². The maximum atomic E-state index is 13.8. The number of halogens is 1. The molecule has 0 saturated heterocycles. The fraction of sp³-hybridized carbons (Fsp3) is 0.312. The first-order valence-corrected chi connectivity index (χ1v) is 13.7. The fourth-order valence-electron chi connectivity index (χ4n) is 5.03. The molecule has 7 nitrogen and oxygen atoms in total. The van der Waals surface area contributed by atoms with E-state index in [1.807, 2.05) is 48.0 Å². The third-order valence-corrected chi connectivity index (χ3v) is 7.69. The number of aromatic nitrogens is 5. The molecule has 0 radical (unpaired) electrons. The number of tetrazole rings is 1. The standard InChI is InChI=1S/C32H35FN6O/c1-5-32(3,4)39-30(35-36-37-39)29(27-20-25-19-22(2)11-16-28(25)34-31(27)40)38(18-17-23-9-7-6-8-10-23)21-24-12-14-26(33)15-13-24/h6-16,19-20,29H,5,17-18,21H2,1-4H3,(H,34,40)/t29-/m0/s1. The Balaban J connectivity index is 1.69. The first-order valence-electron chi connectivity index (χ1n) is 13.7. The average molecular weight is 539 g/mol. The second kappa shape index (κ2) is 11.5. The molecule has 0 saturated carbocycles. The monoisotopic (exact) mass is 538 g/mol. The summed E-state index contributed by atoms with van der Waals surface area (Å²) in [5.74, 6) is 0.311. The highest BCUT2D eigenvalue weighted by atomic mass is 19.1. The number of hydrogen-bond acceptors (Lipinski definition) is 5. The summed E-state index contributed by atoms with van der Waals surface area (Å²) in [6.45, 7) is 9.40. The van der Waals surface area contributed by atoms with Crippen molar-refractivity contribution in [2.24, 2.45) is 0 Å². The molecule has 3 aromatic carbocycles. The van der Waals surface area contributed by atoms with E-state index in [4.69, 9.17) is 0 Å². The Morgan fingerprint density at radius 3 is 2.48 bits per heavy atom. The zero-order chi connectivity index (χ0) is 28.3. The number of H-pyrrole nitrogens is 1. The highest BCUT2D eigenvalue weighted by molar-refractivity contribution is 5.79. The van der Waals surface area contributed by atoms with Crippen LogP contribution >= 0.6 is 0 Å². The smallest absolute Gasteiger partial charge is 0.253 e. The topological polar surface area (TPSA) is 79.7 Å². The van der Waals surface area contributed by atoms with Crippen LogP contribution in [0.15, 0.2) is 83.7 Å². The Hall–Kier alpha value is -4.17. The molecule has 5 aromatic rings. The van der Waals surface area contributed by atoms with Gasteiger partial charge in [-0.25, -0.2) is 9.07 Å². The maximum absolute atomic E-state index is 13.8. The molecule has 1 atom stereocenters. The Morgan fingerprint density at radius 2 is 1.75 bits per heavy atom. The summed E-state index contributed by atoms with van der Waals surface area (Å²) >= 11 is 0. The molecule has 1 N–H and O–H groups in total. The molecule has 0 aliphatic rings. The van der Waals surface area contributed by atoms with Crippen LogP contribution in [0, 0.1) is 12.7 Å².